The maximum Gasteiger partial charge on any atom is 0.226 e. The molecular formula is C21H33N5O2. The molecule has 7 heteroatoms. The predicted molar refractivity (Wildman–Crippen MR) is 113 cm³/mol. The first-order chi connectivity index (χ1) is 13.7. The van der Waals surface area contributed by atoms with Gasteiger partial charge in [0.05, 0.1) is 7.11 Å². The number of aliphatic imine (C=N–C) groups is 1. The summed E-state index contributed by atoms with van der Waals surface area (Å²) in [7, 11) is 1.65. The van der Waals surface area contributed by atoms with Crippen LogP contribution in [0.5, 0.6) is 5.75 Å². The molecule has 0 aliphatic rings. The van der Waals surface area contributed by atoms with Crippen molar-refractivity contribution in [1.29, 1.82) is 0 Å². The third-order valence-corrected chi connectivity index (χ3v) is 4.47. The molecule has 0 saturated carbocycles. The topological polar surface area (TPSA) is 84.6 Å². The first-order valence-corrected chi connectivity index (χ1v) is 10.2. The highest BCUT2D eigenvalue weighted by Crippen LogP contribution is 2.20. The van der Waals surface area contributed by atoms with Crippen LogP contribution >= 0.6 is 0 Å². The Bertz CT molecular complexity index is 712. The van der Waals surface area contributed by atoms with Crippen molar-refractivity contribution in [3.8, 4) is 17.1 Å². The zero-order valence-electron chi connectivity index (χ0n) is 17.5. The second kappa shape index (κ2) is 12.0. The smallest absolute Gasteiger partial charge is 0.226 e. The molecular weight excluding hydrogens is 354 g/mol. The van der Waals surface area contributed by atoms with Crippen LogP contribution < -0.4 is 15.4 Å². The number of rotatable bonds is 11. The number of aromatic nitrogens is 2. The van der Waals surface area contributed by atoms with E-state index in [1.807, 2.05) is 24.3 Å². The Morgan fingerprint density at radius 1 is 1.18 bits per heavy atom. The maximum atomic E-state index is 5.37. The number of guanidine groups is 1. The number of nitrogens with zero attached hydrogens (tertiary/aromatic N) is 3. The Kier molecular flexibility index (Phi) is 9.31. The molecule has 1 unspecified atom stereocenters. The Labute approximate surface area is 168 Å². The molecule has 2 rings (SSSR count). The number of nitrogens with one attached hydrogen (secondary N) is 2. The van der Waals surface area contributed by atoms with Crippen LogP contribution in [0.15, 0.2) is 33.8 Å². The van der Waals surface area contributed by atoms with E-state index in [-0.39, 0.29) is 0 Å². The molecule has 1 aromatic heterocycles. The molecule has 0 spiro atoms. The van der Waals surface area contributed by atoms with Gasteiger partial charge in [-0.15, -0.1) is 0 Å². The summed E-state index contributed by atoms with van der Waals surface area (Å²) in [5.41, 5.74) is 0.926. The fourth-order valence-electron chi connectivity index (χ4n) is 2.62. The minimum atomic E-state index is 0.426. The second-order valence-electron chi connectivity index (χ2n) is 6.77. The van der Waals surface area contributed by atoms with Gasteiger partial charge in [-0.05, 0) is 57.4 Å². The molecule has 154 valence electrons. The zero-order chi connectivity index (χ0) is 20.2. The van der Waals surface area contributed by atoms with E-state index in [2.05, 4.69) is 46.5 Å². The first-order valence-electron chi connectivity index (χ1n) is 10.2. The highest BCUT2D eigenvalue weighted by atomic mass is 16.5. The fraction of sp³-hybridized carbons (Fsp3) is 0.571. The van der Waals surface area contributed by atoms with Gasteiger partial charge < -0.3 is 19.9 Å². The third kappa shape index (κ3) is 7.21. The van der Waals surface area contributed by atoms with Crippen molar-refractivity contribution in [2.24, 2.45) is 4.99 Å². The monoisotopic (exact) mass is 387 g/mol. The van der Waals surface area contributed by atoms with Crippen molar-refractivity contribution >= 4 is 5.96 Å². The van der Waals surface area contributed by atoms with E-state index in [4.69, 9.17) is 9.26 Å². The van der Waals surface area contributed by atoms with Crippen LogP contribution in [0.3, 0.4) is 0 Å². The third-order valence-electron chi connectivity index (χ3n) is 4.47. The quantitative estimate of drug-likeness (QED) is 0.346. The van der Waals surface area contributed by atoms with E-state index >= 15 is 0 Å². The van der Waals surface area contributed by atoms with Crippen molar-refractivity contribution in [3.05, 3.63) is 30.2 Å². The molecule has 1 heterocycles. The Morgan fingerprint density at radius 2 is 1.96 bits per heavy atom. The average Bonchev–Trinajstić information content (AvgIpc) is 3.19. The SMILES string of the molecule is CCNC(=NCCCCCc1nc(-c2ccc(OC)cc2)no1)NC(C)CC. The van der Waals surface area contributed by atoms with Crippen LogP contribution in [0.25, 0.3) is 11.4 Å². The highest BCUT2D eigenvalue weighted by Gasteiger charge is 2.08. The summed E-state index contributed by atoms with van der Waals surface area (Å²) in [5.74, 6) is 3.01. The number of hydrogen-bond donors (Lipinski definition) is 2. The van der Waals surface area contributed by atoms with Gasteiger partial charge in [-0.2, -0.15) is 4.98 Å². The molecule has 1 aromatic carbocycles. The lowest BCUT2D eigenvalue weighted by Gasteiger charge is -2.16. The van der Waals surface area contributed by atoms with Crippen LogP contribution in [-0.2, 0) is 6.42 Å². The van der Waals surface area contributed by atoms with Crippen LogP contribution in [0.4, 0.5) is 0 Å². The van der Waals surface area contributed by atoms with Crippen LogP contribution in [-0.4, -0.2) is 42.3 Å². The predicted octanol–water partition coefficient (Wildman–Crippen LogP) is 3.81. The fourth-order valence-corrected chi connectivity index (χ4v) is 2.62. The van der Waals surface area contributed by atoms with Crippen molar-refractivity contribution in [2.75, 3.05) is 20.2 Å². The largest absolute Gasteiger partial charge is 0.497 e. The summed E-state index contributed by atoms with van der Waals surface area (Å²) in [6.07, 6.45) is 4.99. The molecule has 0 aliphatic carbocycles. The molecule has 0 radical (unpaired) electrons. The Morgan fingerprint density at radius 3 is 2.64 bits per heavy atom. The summed E-state index contributed by atoms with van der Waals surface area (Å²) < 4.78 is 10.5. The molecule has 2 aromatic rings. The summed E-state index contributed by atoms with van der Waals surface area (Å²) in [6.45, 7) is 8.09. The molecule has 0 bridgehead atoms. The van der Waals surface area contributed by atoms with E-state index in [1.54, 1.807) is 7.11 Å². The zero-order valence-corrected chi connectivity index (χ0v) is 17.5. The number of benzene rings is 1. The molecule has 0 saturated heterocycles. The summed E-state index contributed by atoms with van der Waals surface area (Å²) in [5, 5.41) is 10.8. The van der Waals surface area contributed by atoms with E-state index in [0.29, 0.717) is 17.8 Å². The van der Waals surface area contributed by atoms with Gasteiger partial charge in [0, 0.05) is 31.1 Å². The van der Waals surface area contributed by atoms with Gasteiger partial charge in [-0.3, -0.25) is 4.99 Å². The minimum Gasteiger partial charge on any atom is -0.497 e. The van der Waals surface area contributed by atoms with Crippen LogP contribution in [0, 0.1) is 0 Å². The van der Waals surface area contributed by atoms with E-state index in [9.17, 15) is 0 Å². The highest BCUT2D eigenvalue weighted by molar-refractivity contribution is 5.80. The summed E-state index contributed by atoms with van der Waals surface area (Å²) >= 11 is 0. The van der Waals surface area contributed by atoms with Gasteiger partial charge in [0.25, 0.3) is 0 Å². The minimum absolute atomic E-state index is 0.426. The number of hydrogen-bond acceptors (Lipinski definition) is 5. The molecule has 0 aliphatic heterocycles. The Balaban J connectivity index is 1.72. The maximum absolute atomic E-state index is 5.37. The lowest BCUT2D eigenvalue weighted by molar-refractivity contribution is 0.374. The average molecular weight is 388 g/mol. The van der Waals surface area contributed by atoms with Crippen LogP contribution in [0.1, 0.15) is 52.3 Å². The van der Waals surface area contributed by atoms with Crippen molar-refractivity contribution in [1.82, 2.24) is 20.8 Å². The van der Waals surface area contributed by atoms with Crippen molar-refractivity contribution in [3.63, 3.8) is 0 Å². The molecule has 7 nitrogen and oxygen atoms in total. The van der Waals surface area contributed by atoms with Gasteiger partial charge in [0.1, 0.15) is 5.75 Å². The first kappa shape index (κ1) is 21.7. The van der Waals surface area contributed by atoms with Crippen LogP contribution in [0.2, 0.25) is 0 Å². The molecule has 1 atom stereocenters. The van der Waals surface area contributed by atoms with E-state index in [1.165, 1.54) is 0 Å². The molecule has 0 amide bonds. The number of aryl methyl sites for hydroxylation is 1. The summed E-state index contributed by atoms with van der Waals surface area (Å²) in [6, 6.07) is 8.07. The summed E-state index contributed by atoms with van der Waals surface area (Å²) in [4.78, 5) is 9.12. The molecule has 28 heavy (non-hydrogen) atoms. The lowest BCUT2D eigenvalue weighted by atomic mass is 10.2. The van der Waals surface area contributed by atoms with Gasteiger partial charge >= 0.3 is 0 Å². The molecule has 2 N–H and O–H groups in total. The van der Waals surface area contributed by atoms with Gasteiger partial charge in [-0.25, -0.2) is 0 Å². The van der Waals surface area contributed by atoms with Gasteiger partial charge in [0.15, 0.2) is 5.96 Å². The normalized spacial score (nSPS) is 12.6. The van der Waals surface area contributed by atoms with Crippen molar-refractivity contribution < 1.29 is 9.26 Å². The van der Waals surface area contributed by atoms with Crippen molar-refractivity contribution in [2.45, 2.75) is 58.9 Å². The number of methoxy groups -OCH3 is 1. The standard InChI is InChI=1S/C21H33N5O2/c1-5-16(3)24-21(22-6-2)23-15-9-7-8-10-19-25-20(26-28-19)17-11-13-18(27-4)14-12-17/h11-14,16H,5-10,15H2,1-4H3,(H2,22,23,24). The second-order valence-corrected chi connectivity index (χ2v) is 6.77. The number of ether oxygens (including phenoxy) is 1. The van der Waals surface area contributed by atoms with E-state index < -0.39 is 0 Å². The Hall–Kier alpha value is -2.57. The van der Waals surface area contributed by atoms with E-state index in [0.717, 1.165) is 62.5 Å². The number of unbranched alkanes of at least 4 members (excludes halogenated alkanes) is 2. The molecule has 0 fully saturated rings. The lowest BCUT2D eigenvalue weighted by Crippen LogP contribution is -2.42. The van der Waals surface area contributed by atoms with Gasteiger partial charge in [-0.1, -0.05) is 18.5 Å². The van der Waals surface area contributed by atoms with Gasteiger partial charge in [0.2, 0.25) is 11.7 Å².